The maximum atomic E-state index is 12.3. The highest BCUT2D eigenvalue weighted by Crippen LogP contribution is 2.28. The smallest absolute Gasteiger partial charge is 0.246 e. The molecule has 1 saturated heterocycles. The summed E-state index contributed by atoms with van der Waals surface area (Å²) in [6.45, 7) is 5.62. The van der Waals surface area contributed by atoms with Crippen LogP contribution in [0.25, 0.3) is 0 Å². The van der Waals surface area contributed by atoms with Crippen molar-refractivity contribution in [1.82, 2.24) is 4.90 Å². The van der Waals surface area contributed by atoms with Crippen molar-refractivity contribution in [3.63, 3.8) is 0 Å². The van der Waals surface area contributed by atoms with Crippen LogP contribution in [-0.4, -0.2) is 31.0 Å². The molecule has 0 aliphatic carbocycles. The van der Waals surface area contributed by atoms with E-state index in [1.807, 2.05) is 30.9 Å². The molecule has 1 aromatic rings. The maximum Gasteiger partial charge on any atom is 0.246 e. The van der Waals surface area contributed by atoms with Gasteiger partial charge in [0.2, 0.25) is 5.91 Å². The molecule has 0 N–H and O–H groups in total. The van der Waals surface area contributed by atoms with Crippen molar-refractivity contribution in [3.8, 4) is 5.75 Å². The number of rotatable bonds is 3. The van der Waals surface area contributed by atoms with Crippen LogP contribution in [-0.2, 0) is 4.79 Å². The molecule has 2 rings (SSSR count). The van der Waals surface area contributed by atoms with E-state index in [2.05, 4.69) is 12.1 Å². The minimum atomic E-state index is 0.149. The lowest BCUT2D eigenvalue weighted by atomic mass is 9.94. The summed E-state index contributed by atoms with van der Waals surface area (Å²) in [4.78, 5) is 14.3. The van der Waals surface area contributed by atoms with E-state index in [-0.39, 0.29) is 5.91 Å². The molecule has 1 heterocycles. The van der Waals surface area contributed by atoms with Crippen LogP contribution in [0.15, 0.2) is 35.9 Å². The lowest BCUT2D eigenvalue weighted by Gasteiger charge is -2.24. The fourth-order valence-corrected chi connectivity index (χ4v) is 2.83. The summed E-state index contributed by atoms with van der Waals surface area (Å²) in [6.07, 6.45) is 5.16. The lowest BCUT2D eigenvalue weighted by molar-refractivity contribution is -0.126. The third-order valence-corrected chi connectivity index (χ3v) is 3.98. The van der Waals surface area contributed by atoms with Crippen molar-refractivity contribution in [2.24, 2.45) is 0 Å². The van der Waals surface area contributed by atoms with Crippen molar-refractivity contribution in [1.29, 1.82) is 0 Å². The van der Waals surface area contributed by atoms with E-state index in [1.165, 1.54) is 12.0 Å². The van der Waals surface area contributed by atoms with E-state index in [0.29, 0.717) is 5.92 Å². The Labute approximate surface area is 127 Å². The molecule has 0 unspecified atom stereocenters. The van der Waals surface area contributed by atoms with Gasteiger partial charge in [0.25, 0.3) is 0 Å². The van der Waals surface area contributed by atoms with Crippen molar-refractivity contribution >= 4 is 5.91 Å². The molecule has 1 aliphatic rings. The first-order chi connectivity index (χ1) is 10.1. The Hall–Kier alpha value is -1.77. The Morgan fingerprint density at radius 2 is 1.95 bits per heavy atom. The topological polar surface area (TPSA) is 29.5 Å². The standard InChI is InChI=1S/C18H25NO2/c1-14(2)12-18(20)19-11-5-4-6-16(13-19)15-7-9-17(21-3)10-8-15/h7-10,12,16H,4-6,11,13H2,1-3H3/t16-/m1/s1. The van der Waals surface area contributed by atoms with Crippen molar-refractivity contribution in [2.45, 2.75) is 39.0 Å². The highest BCUT2D eigenvalue weighted by molar-refractivity contribution is 5.88. The van der Waals surface area contributed by atoms with Gasteiger partial charge in [-0.15, -0.1) is 0 Å². The predicted octanol–water partition coefficient (Wildman–Crippen LogP) is 3.76. The van der Waals surface area contributed by atoms with Gasteiger partial charge in [-0.2, -0.15) is 0 Å². The number of likely N-dealkylation sites (tertiary alicyclic amines) is 1. The van der Waals surface area contributed by atoms with Gasteiger partial charge in [0.1, 0.15) is 5.75 Å². The fourth-order valence-electron chi connectivity index (χ4n) is 2.83. The molecule has 0 saturated carbocycles. The van der Waals surface area contributed by atoms with Gasteiger partial charge in [-0.25, -0.2) is 0 Å². The zero-order valence-corrected chi connectivity index (χ0v) is 13.3. The van der Waals surface area contributed by atoms with E-state index >= 15 is 0 Å². The summed E-state index contributed by atoms with van der Waals surface area (Å²) in [7, 11) is 1.68. The number of ether oxygens (including phenoxy) is 1. The summed E-state index contributed by atoms with van der Waals surface area (Å²) in [6, 6.07) is 8.25. The first-order valence-corrected chi connectivity index (χ1v) is 7.68. The molecular weight excluding hydrogens is 262 g/mol. The number of carbonyl (C=O) groups excluding carboxylic acids is 1. The molecule has 1 aliphatic heterocycles. The van der Waals surface area contributed by atoms with Crippen LogP contribution in [0, 0.1) is 0 Å². The summed E-state index contributed by atoms with van der Waals surface area (Å²) in [5, 5.41) is 0. The number of hydrogen-bond acceptors (Lipinski definition) is 2. The third kappa shape index (κ3) is 4.35. The first kappa shape index (κ1) is 15.6. The molecule has 0 spiro atoms. The van der Waals surface area contributed by atoms with Gasteiger partial charge in [0, 0.05) is 25.1 Å². The molecule has 1 aromatic carbocycles. The fraction of sp³-hybridized carbons (Fsp3) is 0.500. The largest absolute Gasteiger partial charge is 0.497 e. The van der Waals surface area contributed by atoms with E-state index in [4.69, 9.17) is 4.74 Å². The normalized spacial score (nSPS) is 18.8. The molecule has 1 atom stereocenters. The van der Waals surface area contributed by atoms with E-state index < -0.39 is 0 Å². The SMILES string of the molecule is COc1ccc([C@@H]2CCCCN(C(=O)C=C(C)C)C2)cc1. The van der Waals surface area contributed by atoms with Gasteiger partial charge in [0.15, 0.2) is 0 Å². The highest BCUT2D eigenvalue weighted by atomic mass is 16.5. The Bertz CT molecular complexity index is 500. The lowest BCUT2D eigenvalue weighted by Crippen LogP contribution is -2.32. The Morgan fingerprint density at radius 1 is 1.24 bits per heavy atom. The number of benzene rings is 1. The van der Waals surface area contributed by atoms with Crippen LogP contribution in [0.4, 0.5) is 0 Å². The molecule has 3 heteroatoms. The Morgan fingerprint density at radius 3 is 2.57 bits per heavy atom. The molecule has 3 nitrogen and oxygen atoms in total. The van der Waals surface area contributed by atoms with E-state index in [9.17, 15) is 4.79 Å². The summed E-state index contributed by atoms with van der Waals surface area (Å²) in [5.41, 5.74) is 2.36. The zero-order valence-electron chi connectivity index (χ0n) is 13.3. The average Bonchev–Trinajstić information content (AvgIpc) is 2.73. The number of allylic oxidation sites excluding steroid dienone is 1. The Kier molecular flexibility index (Phi) is 5.43. The number of carbonyl (C=O) groups is 1. The van der Waals surface area contributed by atoms with Gasteiger partial charge in [-0.05, 0) is 44.4 Å². The van der Waals surface area contributed by atoms with Crippen molar-refractivity contribution in [3.05, 3.63) is 41.5 Å². The van der Waals surface area contributed by atoms with E-state index in [1.54, 1.807) is 13.2 Å². The molecule has 114 valence electrons. The van der Waals surface area contributed by atoms with Crippen LogP contribution in [0.5, 0.6) is 5.75 Å². The van der Waals surface area contributed by atoms with Crippen LogP contribution >= 0.6 is 0 Å². The van der Waals surface area contributed by atoms with Gasteiger partial charge in [0.05, 0.1) is 7.11 Å². The van der Waals surface area contributed by atoms with Gasteiger partial charge in [-0.3, -0.25) is 4.79 Å². The van der Waals surface area contributed by atoms with Crippen LogP contribution in [0.3, 0.4) is 0 Å². The quantitative estimate of drug-likeness (QED) is 0.792. The minimum Gasteiger partial charge on any atom is -0.497 e. The highest BCUT2D eigenvalue weighted by Gasteiger charge is 2.22. The first-order valence-electron chi connectivity index (χ1n) is 7.68. The van der Waals surface area contributed by atoms with Gasteiger partial charge in [-0.1, -0.05) is 24.1 Å². The predicted molar refractivity (Wildman–Crippen MR) is 85.6 cm³/mol. The molecule has 0 radical (unpaired) electrons. The van der Waals surface area contributed by atoms with Crippen molar-refractivity contribution in [2.75, 3.05) is 20.2 Å². The van der Waals surface area contributed by atoms with Crippen LogP contribution in [0.2, 0.25) is 0 Å². The summed E-state index contributed by atoms with van der Waals surface area (Å²) >= 11 is 0. The molecular formula is C18H25NO2. The number of amides is 1. The number of nitrogens with zero attached hydrogens (tertiary/aromatic N) is 1. The minimum absolute atomic E-state index is 0.149. The number of methoxy groups -OCH3 is 1. The van der Waals surface area contributed by atoms with Crippen LogP contribution in [0.1, 0.15) is 44.6 Å². The average molecular weight is 287 g/mol. The molecule has 21 heavy (non-hydrogen) atoms. The summed E-state index contributed by atoms with van der Waals surface area (Å²) < 4.78 is 5.21. The molecule has 1 fully saturated rings. The van der Waals surface area contributed by atoms with Gasteiger partial charge >= 0.3 is 0 Å². The third-order valence-electron chi connectivity index (χ3n) is 3.98. The molecule has 0 aromatic heterocycles. The monoisotopic (exact) mass is 287 g/mol. The molecule has 1 amide bonds. The second kappa shape index (κ2) is 7.30. The Balaban J connectivity index is 2.11. The second-order valence-corrected chi connectivity index (χ2v) is 5.97. The maximum absolute atomic E-state index is 12.3. The van der Waals surface area contributed by atoms with E-state index in [0.717, 1.165) is 37.3 Å². The number of hydrogen-bond donors (Lipinski definition) is 0. The zero-order chi connectivity index (χ0) is 15.2. The molecule has 0 bridgehead atoms. The summed E-state index contributed by atoms with van der Waals surface area (Å²) in [5.74, 6) is 1.45. The second-order valence-electron chi connectivity index (χ2n) is 5.97. The van der Waals surface area contributed by atoms with Crippen molar-refractivity contribution < 1.29 is 9.53 Å². The van der Waals surface area contributed by atoms with Gasteiger partial charge < -0.3 is 9.64 Å². The van der Waals surface area contributed by atoms with Crippen LogP contribution < -0.4 is 4.74 Å².